The summed E-state index contributed by atoms with van der Waals surface area (Å²) in [5.74, 6) is 2.25. The molecule has 0 bridgehead atoms. The Labute approximate surface area is 187 Å². The number of hydrogen-bond acceptors (Lipinski definition) is 4. The molecule has 170 valence electrons. The van der Waals surface area contributed by atoms with Crippen LogP contribution in [0.5, 0.6) is 11.5 Å². The number of ether oxygens (including phenoxy) is 3. The van der Waals surface area contributed by atoms with Crippen molar-refractivity contribution in [2.24, 2.45) is 11.3 Å². The summed E-state index contributed by atoms with van der Waals surface area (Å²) in [5.41, 5.74) is 1.49. The minimum Gasteiger partial charge on any atom is -0.465 e. The van der Waals surface area contributed by atoms with E-state index in [9.17, 15) is 4.79 Å². The summed E-state index contributed by atoms with van der Waals surface area (Å²) in [6.07, 6.45) is -0.958. The van der Waals surface area contributed by atoms with Gasteiger partial charge in [0.1, 0.15) is 18.2 Å². The van der Waals surface area contributed by atoms with Gasteiger partial charge in [0.05, 0.1) is 0 Å². The van der Waals surface area contributed by atoms with Crippen LogP contribution >= 0.6 is 0 Å². The van der Waals surface area contributed by atoms with Gasteiger partial charge in [0.25, 0.3) is 0 Å². The smallest absolute Gasteiger partial charge is 0.417 e. The summed E-state index contributed by atoms with van der Waals surface area (Å²) in [6.45, 7) is 15.6. The Morgan fingerprint density at radius 1 is 0.935 bits per heavy atom. The molecule has 5 nitrogen and oxygen atoms in total. The van der Waals surface area contributed by atoms with Crippen LogP contribution in [0.4, 0.5) is 4.79 Å². The minimum atomic E-state index is -0.507. The Hall–Kier alpha value is -2.53. The first-order chi connectivity index (χ1) is 14.6. The minimum absolute atomic E-state index is 0.0842. The van der Waals surface area contributed by atoms with Gasteiger partial charge in [0.15, 0.2) is 6.29 Å². The van der Waals surface area contributed by atoms with Gasteiger partial charge < -0.3 is 14.2 Å². The molecule has 0 saturated heterocycles. The monoisotopic (exact) mass is 427 g/mol. The summed E-state index contributed by atoms with van der Waals surface area (Å²) in [7, 11) is 0. The topological polar surface area (TPSA) is 48.0 Å². The van der Waals surface area contributed by atoms with Gasteiger partial charge >= 0.3 is 6.09 Å². The van der Waals surface area contributed by atoms with Crippen molar-refractivity contribution in [3.05, 3.63) is 60.2 Å². The molecule has 0 aliphatic carbocycles. The molecule has 0 saturated carbocycles. The van der Waals surface area contributed by atoms with Crippen LogP contribution in [-0.4, -0.2) is 30.6 Å². The average molecular weight is 428 g/mol. The third kappa shape index (κ3) is 7.59. The van der Waals surface area contributed by atoms with E-state index in [0.29, 0.717) is 24.1 Å². The molecule has 2 aromatic carbocycles. The molecule has 0 heterocycles. The van der Waals surface area contributed by atoms with E-state index in [1.54, 1.807) is 12.1 Å². The Balaban J connectivity index is 1.90. The Morgan fingerprint density at radius 2 is 1.55 bits per heavy atom. The Bertz CT molecular complexity index is 796. The van der Waals surface area contributed by atoms with Crippen molar-refractivity contribution >= 4 is 6.09 Å². The van der Waals surface area contributed by atoms with E-state index in [2.05, 4.69) is 46.8 Å². The molecule has 2 atom stereocenters. The molecule has 2 unspecified atom stereocenters. The van der Waals surface area contributed by atoms with E-state index in [4.69, 9.17) is 14.2 Å². The molecule has 2 rings (SSSR count). The fourth-order valence-electron chi connectivity index (χ4n) is 3.99. The molecule has 0 aliphatic heterocycles. The lowest BCUT2D eigenvalue weighted by Crippen LogP contribution is -2.37. The van der Waals surface area contributed by atoms with Gasteiger partial charge in [0, 0.05) is 6.54 Å². The van der Waals surface area contributed by atoms with E-state index < -0.39 is 12.4 Å². The SMILES string of the molecule is CCN(COC(C)Oc1ccc(C(C(C)C)C(C)(C)C)cc1)C(=O)Oc1ccccc1. The zero-order chi connectivity index (χ0) is 23.0. The molecule has 5 heteroatoms. The molecule has 0 spiro atoms. The second-order valence-corrected chi connectivity index (χ2v) is 9.18. The van der Waals surface area contributed by atoms with E-state index in [1.807, 2.05) is 44.2 Å². The van der Waals surface area contributed by atoms with Crippen molar-refractivity contribution in [1.29, 1.82) is 0 Å². The second kappa shape index (κ2) is 11.2. The quantitative estimate of drug-likeness (QED) is 0.418. The molecule has 0 N–H and O–H groups in total. The highest BCUT2D eigenvalue weighted by atomic mass is 16.7. The van der Waals surface area contributed by atoms with Gasteiger partial charge in [-0.15, -0.1) is 0 Å². The normalized spacial score (nSPS) is 13.5. The number of rotatable bonds is 9. The second-order valence-electron chi connectivity index (χ2n) is 9.18. The Morgan fingerprint density at radius 3 is 2.06 bits per heavy atom. The van der Waals surface area contributed by atoms with Gasteiger partial charge in [0.2, 0.25) is 0 Å². The molecule has 0 fully saturated rings. The number of amides is 1. The molecule has 2 aromatic rings. The van der Waals surface area contributed by atoms with Gasteiger partial charge in [-0.25, -0.2) is 4.79 Å². The first kappa shape index (κ1) is 24.7. The number of nitrogens with zero attached hydrogens (tertiary/aromatic N) is 1. The number of carbonyl (C=O) groups is 1. The summed E-state index contributed by atoms with van der Waals surface area (Å²) in [6, 6.07) is 17.2. The maximum Gasteiger partial charge on any atom is 0.417 e. The predicted octanol–water partition coefficient (Wildman–Crippen LogP) is 6.69. The third-order valence-corrected chi connectivity index (χ3v) is 5.19. The number of benzene rings is 2. The van der Waals surface area contributed by atoms with Crippen molar-refractivity contribution in [2.75, 3.05) is 13.3 Å². The standard InChI is InChI=1S/C26H37NO4/c1-8-27(25(28)31-22-12-10-9-11-13-22)18-29-20(4)30-23-16-14-21(15-17-23)24(19(2)3)26(5,6)7/h9-17,19-20,24H,8,18H2,1-7H3. The molecule has 0 radical (unpaired) electrons. The van der Waals surface area contributed by atoms with Crippen LogP contribution < -0.4 is 9.47 Å². The zero-order valence-electron chi connectivity index (χ0n) is 19.9. The van der Waals surface area contributed by atoms with Crippen LogP contribution in [0.15, 0.2) is 54.6 Å². The van der Waals surface area contributed by atoms with Crippen LogP contribution in [0.1, 0.15) is 59.9 Å². The highest BCUT2D eigenvalue weighted by molar-refractivity contribution is 5.70. The number of hydrogen-bond donors (Lipinski definition) is 0. The van der Waals surface area contributed by atoms with Crippen molar-refractivity contribution in [3.63, 3.8) is 0 Å². The van der Waals surface area contributed by atoms with Crippen molar-refractivity contribution in [1.82, 2.24) is 4.90 Å². The van der Waals surface area contributed by atoms with Crippen LogP contribution in [0.3, 0.4) is 0 Å². The summed E-state index contributed by atoms with van der Waals surface area (Å²) in [5, 5.41) is 0. The molecule has 1 amide bonds. The van der Waals surface area contributed by atoms with Crippen LogP contribution in [-0.2, 0) is 4.74 Å². The third-order valence-electron chi connectivity index (χ3n) is 5.19. The average Bonchev–Trinajstić information content (AvgIpc) is 2.69. The molecular formula is C26H37NO4. The first-order valence-electron chi connectivity index (χ1n) is 11.0. The van der Waals surface area contributed by atoms with Crippen molar-refractivity contribution in [2.45, 2.75) is 60.7 Å². The highest BCUT2D eigenvalue weighted by Crippen LogP contribution is 2.40. The first-order valence-corrected chi connectivity index (χ1v) is 11.0. The van der Waals surface area contributed by atoms with E-state index in [0.717, 1.165) is 5.75 Å². The fourth-order valence-corrected chi connectivity index (χ4v) is 3.99. The zero-order valence-corrected chi connectivity index (χ0v) is 19.9. The maximum absolute atomic E-state index is 12.3. The summed E-state index contributed by atoms with van der Waals surface area (Å²) in [4.78, 5) is 13.8. The molecule has 31 heavy (non-hydrogen) atoms. The van der Waals surface area contributed by atoms with Crippen molar-refractivity contribution < 1.29 is 19.0 Å². The lowest BCUT2D eigenvalue weighted by atomic mass is 9.70. The van der Waals surface area contributed by atoms with Gasteiger partial charge in [-0.1, -0.05) is 65.0 Å². The molecule has 0 aliphatic rings. The van der Waals surface area contributed by atoms with E-state index >= 15 is 0 Å². The lowest BCUT2D eigenvalue weighted by molar-refractivity contribution is -0.0986. The summed E-state index contributed by atoms with van der Waals surface area (Å²) >= 11 is 0. The summed E-state index contributed by atoms with van der Waals surface area (Å²) < 4.78 is 17.0. The maximum atomic E-state index is 12.3. The van der Waals surface area contributed by atoms with Gasteiger partial charge in [-0.05, 0) is 60.9 Å². The largest absolute Gasteiger partial charge is 0.465 e. The number of carbonyl (C=O) groups excluding carboxylic acids is 1. The van der Waals surface area contributed by atoms with Gasteiger partial charge in [-0.3, -0.25) is 4.90 Å². The molecular weight excluding hydrogens is 390 g/mol. The lowest BCUT2D eigenvalue weighted by Gasteiger charge is -2.34. The van der Waals surface area contributed by atoms with Crippen molar-refractivity contribution in [3.8, 4) is 11.5 Å². The van der Waals surface area contributed by atoms with Crippen LogP contribution in [0.25, 0.3) is 0 Å². The predicted molar refractivity (Wildman–Crippen MR) is 124 cm³/mol. The fraction of sp³-hybridized carbons (Fsp3) is 0.500. The molecule has 0 aromatic heterocycles. The highest BCUT2D eigenvalue weighted by Gasteiger charge is 2.28. The van der Waals surface area contributed by atoms with E-state index in [1.165, 1.54) is 10.5 Å². The van der Waals surface area contributed by atoms with Crippen LogP contribution in [0.2, 0.25) is 0 Å². The van der Waals surface area contributed by atoms with Crippen LogP contribution in [0, 0.1) is 11.3 Å². The Kier molecular flexibility index (Phi) is 8.93. The van der Waals surface area contributed by atoms with E-state index in [-0.39, 0.29) is 12.1 Å². The van der Waals surface area contributed by atoms with Gasteiger partial charge in [-0.2, -0.15) is 0 Å². The number of para-hydroxylation sites is 1.